The van der Waals surface area contributed by atoms with Crippen molar-refractivity contribution in [1.82, 2.24) is 19.7 Å². The van der Waals surface area contributed by atoms with Crippen LogP contribution >= 0.6 is 0 Å². The number of ether oxygens (including phenoxy) is 2. The van der Waals surface area contributed by atoms with Gasteiger partial charge in [0.25, 0.3) is 11.5 Å². The average Bonchev–Trinajstić information content (AvgIpc) is 3.28. The number of carbonyl (C=O) groups excluding carboxylic acids is 1. The molecule has 0 spiro atoms. The van der Waals surface area contributed by atoms with Crippen molar-refractivity contribution >= 4 is 22.5 Å². The predicted molar refractivity (Wildman–Crippen MR) is 151 cm³/mol. The van der Waals surface area contributed by atoms with Gasteiger partial charge in [0.15, 0.2) is 0 Å². The first-order chi connectivity index (χ1) is 19.2. The Bertz CT molecular complexity index is 1800. The van der Waals surface area contributed by atoms with E-state index in [1.807, 2.05) is 39.8 Å². The molecule has 40 heavy (non-hydrogen) atoms. The SMILES string of the molecule is COc1cc2c(cc1-c1c(C)noc1C)cc(C(=O)Nc1cnc(C)c(C)c1)c(=O)n2Cc1ncccc1OC. The summed E-state index contributed by atoms with van der Waals surface area (Å²) < 4.78 is 18.1. The maximum Gasteiger partial charge on any atom is 0.264 e. The summed E-state index contributed by atoms with van der Waals surface area (Å²) in [7, 11) is 3.11. The molecule has 5 aromatic rings. The molecule has 10 heteroatoms. The van der Waals surface area contributed by atoms with Crippen LogP contribution in [0, 0.1) is 27.7 Å². The van der Waals surface area contributed by atoms with E-state index in [1.54, 1.807) is 50.9 Å². The first kappa shape index (κ1) is 26.6. The van der Waals surface area contributed by atoms with Crippen LogP contribution in [0.25, 0.3) is 22.0 Å². The highest BCUT2D eigenvalue weighted by Gasteiger charge is 2.22. The van der Waals surface area contributed by atoms with Crippen molar-refractivity contribution < 1.29 is 18.8 Å². The number of benzene rings is 1. The van der Waals surface area contributed by atoms with Crippen molar-refractivity contribution in [3.05, 3.63) is 93.1 Å². The Morgan fingerprint density at radius 3 is 2.45 bits per heavy atom. The molecule has 0 saturated carbocycles. The number of amides is 1. The molecule has 1 N–H and O–H groups in total. The zero-order valence-electron chi connectivity index (χ0n) is 23.2. The van der Waals surface area contributed by atoms with Gasteiger partial charge in [0.2, 0.25) is 0 Å². The third-order valence-corrected chi connectivity index (χ3v) is 6.94. The van der Waals surface area contributed by atoms with Crippen molar-refractivity contribution in [3.8, 4) is 22.6 Å². The molecule has 4 aromatic heterocycles. The lowest BCUT2D eigenvalue weighted by Crippen LogP contribution is -2.30. The molecule has 1 amide bonds. The number of nitrogens with zero attached hydrogens (tertiary/aromatic N) is 4. The summed E-state index contributed by atoms with van der Waals surface area (Å²) in [6, 6.07) is 10.6. The van der Waals surface area contributed by atoms with Crippen LogP contribution in [-0.2, 0) is 6.54 Å². The third-order valence-electron chi connectivity index (χ3n) is 6.94. The summed E-state index contributed by atoms with van der Waals surface area (Å²) >= 11 is 0. The monoisotopic (exact) mass is 539 g/mol. The minimum absolute atomic E-state index is 0.0319. The molecule has 4 heterocycles. The van der Waals surface area contributed by atoms with Gasteiger partial charge in [-0.1, -0.05) is 5.16 Å². The molecule has 0 bridgehead atoms. The molecule has 0 fully saturated rings. The second-order valence-electron chi connectivity index (χ2n) is 9.49. The van der Waals surface area contributed by atoms with Crippen LogP contribution in [-0.4, -0.2) is 39.8 Å². The number of nitrogens with one attached hydrogen (secondary N) is 1. The third kappa shape index (κ3) is 4.79. The molecule has 5 rings (SSSR count). The van der Waals surface area contributed by atoms with Gasteiger partial charge in [0.1, 0.15) is 28.5 Å². The zero-order valence-corrected chi connectivity index (χ0v) is 23.2. The number of rotatable bonds is 7. The number of carbonyl (C=O) groups is 1. The zero-order chi connectivity index (χ0) is 28.6. The van der Waals surface area contributed by atoms with E-state index in [0.717, 1.165) is 22.4 Å². The Balaban J connectivity index is 1.73. The van der Waals surface area contributed by atoms with E-state index < -0.39 is 11.5 Å². The maximum absolute atomic E-state index is 13.9. The fraction of sp³-hybridized carbons (Fsp3) is 0.233. The van der Waals surface area contributed by atoms with Crippen LogP contribution in [0.2, 0.25) is 0 Å². The number of anilines is 1. The van der Waals surface area contributed by atoms with Gasteiger partial charge in [0, 0.05) is 28.9 Å². The molecular weight excluding hydrogens is 510 g/mol. The second-order valence-corrected chi connectivity index (χ2v) is 9.49. The molecule has 0 radical (unpaired) electrons. The van der Waals surface area contributed by atoms with E-state index in [1.165, 1.54) is 4.57 Å². The van der Waals surface area contributed by atoms with Crippen LogP contribution in [0.1, 0.15) is 38.8 Å². The molecule has 0 unspecified atom stereocenters. The molecule has 0 atom stereocenters. The molecule has 0 saturated heterocycles. The smallest absolute Gasteiger partial charge is 0.264 e. The highest BCUT2D eigenvalue weighted by atomic mass is 16.5. The number of methoxy groups -OCH3 is 2. The summed E-state index contributed by atoms with van der Waals surface area (Å²) in [5.74, 6) is 1.13. The van der Waals surface area contributed by atoms with Crippen LogP contribution in [0.4, 0.5) is 5.69 Å². The fourth-order valence-electron chi connectivity index (χ4n) is 4.75. The molecule has 0 aliphatic heterocycles. The van der Waals surface area contributed by atoms with Crippen molar-refractivity contribution in [2.24, 2.45) is 0 Å². The minimum Gasteiger partial charge on any atom is -0.496 e. The molecular formula is C30H29N5O5. The second kappa shape index (κ2) is 10.6. The topological polar surface area (TPSA) is 121 Å². The Morgan fingerprint density at radius 1 is 1.00 bits per heavy atom. The van der Waals surface area contributed by atoms with Crippen LogP contribution in [0.3, 0.4) is 0 Å². The van der Waals surface area contributed by atoms with Gasteiger partial charge in [-0.05, 0) is 63.6 Å². The Kier molecular flexibility index (Phi) is 7.08. The summed E-state index contributed by atoms with van der Waals surface area (Å²) in [5, 5.41) is 7.55. The minimum atomic E-state index is -0.548. The fourth-order valence-corrected chi connectivity index (χ4v) is 4.75. The number of hydrogen-bond donors (Lipinski definition) is 1. The Labute approximate surface area is 230 Å². The predicted octanol–water partition coefficient (Wildman–Crippen LogP) is 5.00. The van der Waals surface area contributed by atoms with Crippen LogP contribution in [0.5, 0.6) is 11.5 Å². The number of aryl methyl sites for hydroxylation is 4. The molecule has 0 aliphatic rings. The largest absolute Gasteiger partial charge is 0.496 e. The number of fused-ring (bicyclic) bond motifs is 1. The van der Waals surface area contributed by atoms with E-state index in [4.69, 9.17) is 14.0 Å². The van der Waals surface area contributed by atoms with Gasteiger partial charge in [-0.25, -0.2) is 0 Å². The van der Waals surface area contributed by atoms with Gasteiger partial charge in [-0.15, -0.1) is 0 Å². The van der Waals surface area contributed by atoms with Gasteiger partial charge in [0.05, 0.1) is 49.4 Å². The summed E-state index contributed by atoms with van der Waals surface area (Å²) in [6.07, 6.45) is 3.20. The van der Waals surface area contributed by atoms with E-state index in [2.05, 4.69) is 20.4 Å². The lowest BCUT2D eigenvalue weighted by molar-refractivity contribution is 0.102. The van der Waals surface area contributed by atoms with E-state index in [9.17, 15) is 9.59 Å². The Hall–Kier alpha value is -4.99. The van der Waals surface area contributed by atoms with Gasteiger partial charge in [-0.2, -0.15) is 0 Å². The van der Waals surface area contributed by atoms with Gasteiger partial charge >= 0.3 is 0 Å². The first-order valence-corrected chi connectivity index (χ1v) is 12.6. The highest BCUT2D eigenvalue weighted by molar-refractivity contribution is 6.06. The molecule has 204 valence electrons. The average molecular weight is 540 g/mol. The van der Waals surface area contributed by atoms with Crippen molar-refractivity contribution in [2.75, 3.05) is 19.5 Å². The number of hydrogen-bond acceptors (Lipinski definition) is 8. The molecule has 1 aromatic carbocycles. The quantitative estimate of drug-likeness (QED) is 0.307. The lowest BCUT2D eigenvalue weighted by Gasteiger charge is -2.17. The van der Waals surface area contributed by atoms with Gasteiger partial charge in [-0.3, -0.25) is 19.6 Å². The van der Waals surface area contributed by atoms with Crippen molar-refractivity contribution in [3.63, 3.8) is 0 Å². The first-order valence-electron chi connectivity index (χ1n) is 12.6. The maximum atomic E-state index is 13.9. The normalized spacial score (nSPS) is 11.1. The summed E-state index contributed by atoms with van der Waals surface area (Å²) in [5.41, 5.74) is 5.08. The van der Waals surface area contributed by atoms with Gasteiger partial charge < -0.3 is 23.9 Å². The molecule has 10 nitrogen and oxygen atoms in total. The van der Waals surface area contributed by atoms with Crippen molar-refractivity contribution in [2.45, 2.75) is 34.2 Å². The van der Waals surface area contributed by atoms with E-state index >= 15 is 0 Å². The summed E-state index contributed by atoms with van der Waals surface area (Å²) in [4.78, 5) is 36.2. The Morgan fingerprint density at radius 2 is 1.77 bits per heavy atom. The van der Waals surface area contributed by atoms with E-state index in [-0.39, 0.29) is 12.1 Å². The number of pyridine rings is 3. The highest BCUT2D eigenvalue weighted by Crippen LogP contribution is 2.37. The molecule has 0 aliphatic carbocycles. The summed E-state index contributed by atoms with van der Waals surface area (Å²) in [6.45, 7) is 7.54. The number of aromatic nitrogens is 4. The van der Waals surface area contributed by atoms with E-state index in [0.29, 0.717) is 45.2 Å². The van der Waals surface area contributed by atoms with Crippen LogP contribution < -0.4 is 20.3 Å². The van der Waals surface area contributed by atoms with Crippen molar-refractivity contribution in [1.29, 1.82) is 0 Å². The van der Waals surface area contributed by atoms with Crippen LogP contribution in [0.15, 0.2) is 58.1 Å². The lowest BCUT2D eigenvalue weighted by atomic mass is 9.99. The standard InChI is InChI=1S/C30H29N5O5/c1-16-10-21(14-32-17(16)2)33-29(36)23-12-20-11-22(28-18(3)34-40-19(28)4)27(39-6)13-25(20)35(30(23)37)15-24-26(38-5)8-7-9-31-24/h7-14H,15H2,1-6H3,(H,33,36).